The van der Waals surface area contributed by atoms with E-state index in [1.165, 1.54) is 0 Å². The van der Waals surface area contributed by atoms with E-state index in [0.29, 0.717) is 6.42 Å². The van der Waals surface area contributed by atoms with Gasteiger partial charge in [-0.1, -0.05) is 0 Å². The molecular weight excluding hydrogens is 146 g/mol. The van der Waals surface area contributed by atoms with Gasteiger partial charge in [-0.25, -0.2) is 0 Å². The molecule has 1 heterocycles. The molecule has 0 amide bonds. The van der Waals surface area contributed by atoms with Crippen LogP contribution < -0.4 is 5.32 Å². The Morgan fingerprint density at radius 3 is 2.64 bits per heavy atom. The number of aliphatic hydroxyl groups is 1. The third-order valence-electron chi connectivity index (χ3n) is 2.01. The summed E-state index contributed by atoms with van der Waals surface area (Å²) in [4.78, 5) is 10.5. The van der Waals surface area contributed by atoms with Gasteiger partial charge in [0.15, 0.2) is 0 Å². The normalized spacial score (nSPS) is 38.5. The average Bonchev–Trinajstić information content (AvgIpc) is 1.94. The van der Waals surface area contributed by atoms with Crippen LogP contribution in [0.1, 0.15) is 19.8 Å². The molecule has 4 nitrogen and oxygen atoms in total. The first-order valence-corrected chi connectivity index (χ1v) is 3.78. The van der Waals surface area contributed by atoms with Crippen molar-refractivity contribution in [1.82, 2.24) is 5.32 Å². The second kappa shape index (κ2) is 3.19. The van der Waals surface area contributed by atoms with E-state index in [1.54, 1.807) is 0 Å². The molecule has 0 aromatic heterocycles. The van der Waals surface area contributed by atoms with Crippen LogP contribution in [0.25, 0.3) is 0 Å². The van der Waals surface area contributed by atoms with Crippen LogP contribution in [0.3, 0.4) is 0 Å². The molecule has 3 N–H and O–H groups in total. The van der Waals surface area contributed by atoms with E-state index in [0.717, 1.165) is 6.42 Å². The first-order chi connectivity index (χ1) is 5.11. The lowest BCUT2D eigenvalue weighted by Crippen LogP contribution is -2.53. The Kier molecular flexibility index (Phi) is 2.46. The van der Waals surface area contributed by atoms with Gasteiger partial charge in [0.25, 0.3) is 0 Å². The van der Waals surface area contributed by atoms with Crippen LogP contribution in [0.2, 0.25) is 0 Å². The number of carboxylic acid groups (broad SMARTS) is 1. The number of piperidine rings is 1. The lowest BCUT2D eigenvalue weighted by Gasteiger charge is -2.30. The fourth-order valence-corrected chi connectivity index (χ4v) is 1.32. The van der Waals surface area contributed by atoms with Crippen molar-refractivity contribution in [2.45, 2.75) is 38.0 Å². The summed E-state index contributed by atoms with van der Waals surface area (Å²) in [6, 6.07) is -0.585. The van der Waals surface area contributed by atoms with Crippen LogP contribution in [0, 0.1) is 0 Å². The molecule has 1 aliphatic heterocycles. The Balaban J connectivity index is 2.54. The van der Waals surface area contributed by atoms with E-state index < -0.39 is 18.1 Å². The largest absolute Gasteiger partial charge is 0.480 e. The van der Waals surface area contributed by atoms with Crippen molar-refractivity contribution >= 4 is 5.97 Å². The van der Waals surface area contributed by atoms with E-state index in [-0.39, 0.29) is 6.04 Å². The molecule has 1 aliphatic rings. The molecule has 0 aromatic carbocycles. The SMILES string of the molecule is CC1CCC(O)C(C(=O)O)N1. The number of hydrogen-bond donors (Lipinski definition) is 3. The molecule has 0 saturated carbocycles. The van der Waals surface area contributed by atoms with Gasteiger partial charge in [-0.15, -0.1) is 0 Å². The second-order valence-electron chi connectivity index (χ2n) is 3.03. The number of rotatable bonds is 1. The number of aliphatic hydroxyl groups excluding tert-OH is 1. The molecule has 4 heteroatoms. The summed E-state index contributed by atoms with van der Waals surface area (Å²) in [5, 5.41) is 20.6. The number of carbonyl (C=O) groups is 1. The van der Waals surface area contributed by atoms with Gasteiger partial charge < -0.3 is 10.2 Å². The predicted molar refractivity (Wildman–Crippen MR) is 39.3 cm³/mol. The molecule has 1 fully saturated rings. The van der Waals surface area contributed by atoms with E-state index >= 15 is 0 Å². The molecule has 64 valence electrons. The Morgan fingerprint density at radius 1 is 1.55 bits per heavy atom. The van der Waals surface area contributed by atoms with Crippen LogP contribution in [0.5, 0.6) is 0 Å². The Labute approximate surface area is 65.2 Å². The topological polar surface area (TPSA) is 69.6 Å². The zero-order valence-electron chi connectivity index (χ0n) is 6.45. The van der Waals surface area contributed by atoms with E-state index in [9.17, 15) is 9.90 Å². The van der Waals surface area contributed by atoms with Crippen molar-refractivity contribution in [2.75, 3.05) is 0 Å². The maximum atomic E-state index is 10.5. The van der Waals surface area contributed by atoms with Gasteiger partial charge in [0.05, 0.1) is 6.10 Å². The zero-order chi connectivity index (χ0) is 8.43. The van der Waals surface area contributed by atoms with Gasteiger partial charge in [-0.3, -0.25) is 10.1 Å². The molecule has 11 heavy (non-hydrogen) atoms. The highest BCUT2D eigenvalue weighted by atomic mass is 16.4. The fourth-order valence-electron chi connectivity index (χ4n) is 1.32. The van der Waals surface area contributed by atoms with Gasteiger partial charge >= 0.3 is 5.97 Å². The summed E-state index contributed by atoms with van der Waals surface area (Å²) in [6.07, 6.45) is 0.680. The van der Waals surface area contributed by atoms with Crippen molar-refractivity contribution in [3.63, 3.8) is 0 Å². The highest BCUT2D eigenvalue weighted by Crippen LogP contribution is 2.12. The van der Waals surface area contributed by atoms with Crippen LogP contribution >= 0.6 is 0 Å². The third-order valence-corrected chi connectivity index (χ3v) is 2.01. The fraction of sp³-hybridized carbons (Fsp3) is 0.857. The van der Waals surface area contributed by atoms with Crippen molar-refractivity contribution in [3.05, 3.63) is 0 Å². The molecular formula is C7H13NO3. The molecule has 3 atom stereocenters. The monoisotopic (exact) mass is 159 g/mol. The summed E-state index contributed by atoms with van der Waals surface area (Å²) in [5.41, 5.74) is 0. The maximum absolute atomic E-state index is 10.5. The molecule has 0 spiro atoms. The van der Waals surface area contributed by atoms with Crippen molar-refractivity contribution < 1.29 is 15.0 Å². The van der Waals surface area contributed by atoms with Crippen molar-refractivity contribution in [3.8, 4) is 0 Å². The molecule has 0 aliphatic carbocycles. The minimum Gasteiger partial charge on any atom is -0.480 e. The summed E-state index contributed by atoms with van der Waals surface area (Å²) in [6.45, 7) is 1.92. The molecule has 3 unspecified atom stereocenters. The minimum absolute atomic E-state index is 0.194. The Morgan fingerprint density at radius 2 is 2.18 bits per heavy atom. The van der Waals surface area contributed by atoms with E-state index in [4.69, 9.17) is 5.11 Å². The van der Waals surface area contributed by atoms with Gasteiger partial charge in [0.1, 0.15) is 6.04 Å². The third kappa shape index (κ3) is 1.91. The number of nitrogens with one attached hydrogen (secondary N) is 1. The summed E-state index contributed by atoms with van der Waals surface area (Å²) < 4.78 is 0. The average molecular weight is 159 g/mol. The van der Waals surface area contributed by atoms with Crippen molar-refractivity contribution in [1.29, 1.82) is 0 Å². The number of carboxylic acids is 1. The number of aliphatic carboxylic acids is 1. The molecule has 1 saturated heterocycles. The molecule has 1 rings (SSSR count). The molecule has 0 bridgehead atoms. The zero-order valence-corrected chi connectivity index (χ0v) is 6.45. The molecule has 0 aromatic rings. The van der Waals surface area contributed by atoms with Crippen LogP contribution in [-0.4, -0.2) is 34.4 Å². The van der Waals surface area contributed by atoms with Crippen LogP contribution in [-0.2, 0) is 4.79 Å². The highest BCUT2D eigenvalue weighted by Gasteiger charge is 2.31. The van der Waals surface area contributed by atoms with Crippen molar-refractivity contribution in [2.24, 2.45) is 0 Å². The lowest BCUT2D eigenvalue weighted by atomic mass is 9.97. The number of hydrogen-bond acceptors (Lipinski definition) is 3. The second-order valence-corrected chi connectivity index (χ2v) is 3.03. The van der Waals surface area contributed by atoms with Crippen LogP contribution in [0.4, 0.5) is 0 Å². The summed E-state index contributed by atoms with van der Waals surface area (Å²) in [7, 11) is 0. The Bertz CT molecular complexity index is 160. The quantitative estimate of drug-likeness (QED) is 0.485. The maximum Gasteiger partial charge on any atom is 0.323 e. The standard InChI is InChI=1S/C7H13NO3/c1-4-2-3-5(9)6(8-4)7(10)11/h4-6,8-9H,2-3H2,1H3,(H,10,11). The first kappa shape index (κ1) is 8.49. The van der Waals surface area contributed by atoms with Gasteiger partial charge in [0.2, 0.25) is 0 Å². The predicted octanol–water partition coefficient (Wildman–Crippen LogP) is -0.428. The smallest absolute Gasteiger partial charge is 0.323 e. The summed E-state index contributed by atoms with van der Waals surface area (Å²) >= 11 is 0. The van der Waals surface area contributed by atoms with E-state index in [1.807, 2.05) is 6.92 Å². The van der Waals surface area contributed by atoms with Gasteiger partial charge in [0, 0.05) is 6.04 Å². The van der Waals surface area contributed by atoms with Gasteiger partial charge in [-0.05, 0) is 19.8 Å². The van der Waals surface area contributed by atoms with Gasteiger partial charge in [-0.2, -0.15) is 0 Å². The minimum atomic E-state index is -0.968. The summed E-state index contributed by atoms with van der Waals surface area (Å²) in [5.74, 6) is -0.968. The molecule has 0 radical (unpaired) electrons. The Hall–Kier alpha value is -0.610. The highest BCUT2D eigenvalue weighted by molar-refractivity contribution is 5.74. The van der Waals surface area contributed by atoms with E-state index in [2.05, 4.69) is 5.32 Å². The lowest BCUT2D eigenvalue weighted by molar-refractivity contribution is -0.143. The first-order valence-electron chi connectivity index (χ1n) is 3.78. The van der Waals surface area contributed by atoms with Crippen LogP contribution in [0.15, 0.2) is 0 Å².